The van der Waals surface area contributed by atoms with Crippen LogP contribution in [0.1, 0.15) is 25.7 Å². The molecule has 1 saturated carbocycles. The second-order valence-corrected chi connectivity index (χ2v) is 4.59. The van der Waals surface area contributed by atoms with Crippen LogP contribution in [0.4, 0.5) is 0 Å². The number of aliphatic hydroxyl groups is 1. The highest BCUT2D eigenvalue weighted by atomic mass is 35.5. The van der Waals surface area contributed by atoms with Crippen molar-refractivity contribution in [2.45, 2.75) is 31.1 Å². The number of aliphatic hydroxyl groups excluding tert-OH is 1. The first-order valence-corrected chi connectivity index (χ1v) is 6.29. The van der Waals surface area contributed by atoms with Gasteiger partial charge >= 0.3 is 0 Å². The van der Waals surface area contributed by atoms with Crippen LogP contribution in [0.5, 0.6) is 0 Å². The minimum Gasteiger partial charge on any atom is -0.394 e. The van der Waals surface area contributed by atoms with E-state index in [0.717, 1.165) is 25.7 Å². The van der Waals surface area contributed by atoms with Gasteiger partial charge in [-0.05, 0) is 12.8 Å². The van der Waals surface area contributed by atoms with Gasteiger partial charge in [-0.3, -0.25) is 4.79 Å². The van der Waals surface area contributed by atoms with Crippen molar-refractivity contribution in [3.05, 3.63) is 0 Å². The standard InChI is InChI=1S/C11H20ClNO3/c12-10-4-2-1-3-9(10)11(15)13-5-7-16-8-6-14/h9-10,14H,1-8H2,(H,13,15). The fraction of sp³-hybridized carbons (Fsp3) is 0.909. The van der Waals surface area contributed by atoms with Crippen LogP contribution in [0.3, 0.4) is 0 Å². The van der Waals surface area contributed by atoms with E-state index in [2.05, 4.69) is 5.32 Å². The molecular weight excluding hydrogens is 230 g/mol. The van der Waals surface area contributed by atoms with Crippen LogP contribution in [-0.4, -0.2) is 42.8 Å². The molecule has 0 saturated heterocycles. The van der Waals surface area contributed by atoms with Gasteiger partial charge in [-0.15, -0.1) is 11.6 Å². The summed E-state index contributed by atoms with van der Waals surface area (Å²) in [6, 6.07) is 0. The number of rotatable bonds is 6. The molecule has 5 heteroatoms. The van der Waals surface area contributed by atoms with E-state index in [1.54, 1.807) is 0 Å². The van der Waals surface area contributed by atoms with Gasteiger partial charge in [0.15, 0.2) is 0 Å². The Morgan fingerprint density at radius 1 is 1.38 bits per heavy atom. The number of carbonyl (C=O) groups excluding carboxylic acids is 1. The number of hydrogen-bond acceptors (Lipinski definition) is 3. The van der Waals surface area contributed by atoms with Crippen LogP contribution in [0.15, 0.2) is 0 Å². The van der Waals surface area contributed by atoms with E-state index in [4.69, 9.17) is 21.4 Å². The Balaban J connectivity index is 2.13. The molecule has 0 bridgehead atoms. The average molecular weight is 250 g/mol. The van der Waals surface area contributed by atoms with E-state index in [9.17, 15) is 4.79 Å². The number of hydrogen-bond donors (Lipinski definition) is 2. The summed E-state index contributed by atoms with van der Waals surface area (Å²) in [6.07, 6.45) is 4.03. The lowest BCUT2D eigenvalue weighted by Crippen LogP contribution is -2.38. The summed E-state index contributed by atoms with van der Waals surface area (Å²) in [5, 5.41) is 11.3. The molecule has 0 aromatic carbocycles. The van der Waals surface area contributed by atoms with Crippen molar-refractivity contribution in [3.63, 3.8) is 0 Å². The second kappa shape index (κ2) is 7.87. The van der Waals surface area contributed by atoms with Crippen LogP contribution in [0.25, 0.3) is 0 Å². The maximum atomic E-state index is 11.7. The molecule has 4 nitrogen and oxygen atoms in total. The van der Waals surface area contributed by atoms with Gasteiger partial charge < -0.3 is 15.2 Å². The first-order chi connectivity index (χ1) is 7.75. The predicted octanol–water partition coefficient (Wildman–Crippen LogP) is 0.909. The lowest BCUT2D eigenvalue weighted by atomic mass is 9.88. The number of halogens is 1. The minimum absolute atomic E-state index is 0.0142. The molecule has 1 fully saturated rings. The number of alkyl halides is 1. The van der Waals surface area contributed by atoms with Gasteiger partial charge in [0, 0.05) is 11.9 Å². The Morgan fingerprint density at radius 3 is 2.81 bits per heavy atom. The van der Waals surface area contributed by atoms with Crippen molar-refractivity contribution in [2.24, 2.45) is 5.92 Å². The minimum atomic E-state index is -0.0479. The van der Waals surface area contributed by atoms with Crippen LogP contribution < -0.4 is 5.32 Å². The third-order valence-electron chi connectivity index (χ3n) is 2.80. The van der Waals surface area contributed by atoms with E-state index < -0.39 is 0 Å². The monoisotopic (exact) mass is 249 g/mol. The van der Waals surface area contributed by atoms with Crippen molar-refractivity contribution >= 4 is 17.5 Å². The molecule has 94 valence electrons. The highest BCUT2D eigenvalue weighted by Crippen LogP contribution is 2.28. The van der Waals surface area contributed by atoms with Crippen molar-refractivity contribution in [1.82, 2.24) is 5.32 Å². The van der Waals surface area contributed by atoms with E-state index in [1.165, 1.54) is 0 Å². The maximum Gasteiger partial charge on any atom is 0.224 e. The fourth-order valence-corrected chi connectivity index (χ4v) is 2.32. The Labute approximate surface area is 101 Å². The molecule has 0 aromatic heterocycles. The molecular formula is C11H20ClNO3. The summed E-state index contributed by atoms with van der Waals surface area (Å²) < 4.78 is 5.05. The third kappa shape index (κ3) is 4.68. The normalized spacial score (nSPS) is 25.4. The SMILES string of the molecule is O=C(NCCOCCO)C1CCCCC1Cl. The topological polar surface area (TPSA) is 58.6 Å². The number of amides is 1. The fourth-order valence-electron chi connectivity index (χ4n) is 1.93. The summed E-state index contributed by atoms with van der Waals surface area (Å²) in [5.41, 5.74) is 0. The quantitative estimate of drug-likeness (QED) is 0.543. The molecule has 0 heterocycles. The molecule has 0 spiro atoms. The Morgan fingerprint density at radius 2 is 2.12 bits per heavy atom. The van der Waals surface area contributed by atoms with Crippen molar-refractivity contribution in [2.75, 3.05) is 26.4 Å². The highest BCUT2D eigenvalue weighted by molar-refractivity contribution is 6.22. The first kappa shape index (κ1) is 13.7. The van der Waals surface area contributed by atoms with Crippen LogP contribution >= 0.6 is 11.6 Å². The van der Waals surface area contributed by atoms with Gasteiger partial charge in [-0.2, -0.15) is 0 Å². The van der Waals surface area contributed by atoms with E-state index >= 15 is 0 Å². The smallest absolute Gasteiger partial charge is 0.224 e. The number of nitrogens with one attached hydrogen (secondary N) is 1. The Kier molecular flexibility index (Phi) is 6.76. The molecule has 2 unspecified atom stereocenters. The lowest BCUT2D eigenvalue weighted by Gasteiger charge is -2.25. The van der Waals surface area contributed by atoms with E-state index in [0.29, 0.717) is 19.8 Å². The van der Waals surface area contributed by atoms with Gasteiger partial charge in [0.1, 0.15) is 0 Å². The zero-order valence-corrected chi connectivity index (χ0v) is 10.2. The predicted molar refractivity (Wildman–Crippen MR) is 62.5 cm³/mol. The highest BCUT2D eigenvalue weighted by Gasteiger charge is 2.28. The van der Waals surface area contributed by atoms with Gasteiger partial charge in [0.05, 0.1) is 25.7 Å². The van der Waals surface area contributed by atoms with Crippen molar-refractivity contribution in [1.29, 1.82) is 0 Å². The summed E-state index contributed by atoms with van der Waals surface area (Å²) in [6.45, 7) is 1.25. The zero-order chi connectivity index (χ0) is 11.8. The van der Waals surface area contributed by atoms with Gasteiger partial charge in [0.25, 0.3) is 0 Å². The van der Waals surface area contributed by atoms with E-state index in [-0.39, 0.29) is 23.8 Å². The molecule has 2 N–H and O–H groups in total. The molecule has 16 heavy (non-hydrogen) atoms. The Hall–Kier alpha value is -0.320. The zero-order valence-electron chi connectivity index (χ0n) is 9.45. The largest absolute Gasteiger partial charge is 0.394 e. The van der Waals surface area contributed by atoms with E-state index in [1.807, 2.05) is 0 Å². The molecule has 2 atom stereocenters. The Bertz CT molecular complexity index is 213. The third-order valence-corrected chi connectivity index (χ3v) is 3.32. The molecule has 0 radical (unpaired) electrons. The first-order valence-electron chi connectivity index (χ1n) is 5.86. The summed E-state index contributed by atoms with van der Waals surface area (Å²) in [4.78, 5) is 11.7. The maximum absolute atomic E-state index is 11.7. The summed E-state index contributed by atoms with van der Waals surface area (Å²) >= 11 is 6.11. The van der Waals surface area contributed by atoms with Crippen LogP contribution in [0.2, 0.25) is 0 Å². The molecule has 1 aliphatic carbocycles. The number of carbonyl (C=O) groups is 1. The molecule has 1 aliphatic rings. The molecule has 1 amide bonds. The van der Waals surface area contributed by atoms with Gasteiger partial charge in [-0.1, -0.05) is 12.8 Å². The molecule has 0 aliphatic heterocycles. The lowest BCUT2D eigenvalue weighted by molar-refractivity contribution is -0.126. The number of ether oxygens (including phenoxy) is 1. The second-order valence-electron chi connectivity index (χ2n) is 4.03. The van der Waals surface area contributed by atoms with Crippen LogP contribution in [0, 0.1) is 5.92 Å². The van der Waals surface area contributed by atoms with Crippen molar-refractivity contribution < 1.29 is 14.6 Å². The van der Waals surface area contributed by atoms with Crippen molar-refractivity contribution in [3.8, 4) is 0 Å². The summed E-state index contributed by atoms with van der Waals surface area (Å²) in [5.74, 6) is -0.0134. The average Bonchev–Trinajstić information content (AvgIpc) is 2.29. The van der Waals surface area contributed by atoms with Crippen LogP contribution in [-0.2, 0) is 9.53 Å². The van der Waals surface area contributed by atoms with Gasteiger partial charge in [0.2, 0.25) is 5.91 Å². The van der Waals surface area contributed by atoms with Gasteiger partial charge in [-0.25, -0.2) is 0 Å². The molecule has 1 rings (SSSR count). The summed E-state index contributed by atoms with van der Waals surface area (Å²) in [7, 11) is 0. The molecule has 0 aromatic rings.